The van der Waals surface area contributed by atoms with E-state index in [1.165, 1.54) is 17.7 Å². The minimum absolute atomic E-state index is 0.0329. The summed E-state index contributed by atoms with van der Waals surface area (Å²) in [5.41, 5.74) is 2.85. The fraction of sp³-hybridized carbons (Fsp3) is 0.415. The third kappa shape index (κ3) is 9.28. The lowest BCUT2D eigenvalue weighted by Crippen LogP contribution is -2.40. The Hall–Kier alpha value is -4.41. The molecule has 2 amide bonds. The molecule has 0 radical (unpaired) electrons. The van der Waals surface area contributed by atoms with Gasteiger partial charge in [0.1, 0.15) is 11.5 Å². The molecule has 2 saturated heterocycles. The summed E-state index contributed by atoms with van der Waals surface area (Å²) in [6, 6.07) is 15.2. The second-order valence-corrected chi connectivity index (χ2v) is 13.7. The summed E-state index contributed by atoms with van der Waals surface area (Å²) < 4.78 is 55.3. The average Bonchev–Trinajstić information content (AvgIpc) is 3.13. The molecule has 2 atom stereocenters. The number of likely N-dealkylation sites (tertiary alicyclic amines) is 1. The SMILES string of the molecule is Cc1c(C(=O)NCC2COCCO2)ccc2c1=CC=C(CCC1CCN(C(=O)c3ccc(Oc4ccc(C(F)(F)F)cc4)cc3)CC1)C(C)CC=2. The zero-order valence-electron chi connectivity index (χ0n) is 29.1. The van der Waals surface area contributed by atoms with Gasteiger partial charge in [0, 0.05) is 30.8 Å². The standard InChI is InChI=1S/C41H45F3N2O5/c1-27-3-5-31-10-18-38(39(47)45-25-36-26-49-23-24-50-36)28(2)37(31)17-9-30(27)6-4-29-19-21-46(22-20-29)40(48)32-7-13-34(14-8-32)51-35-15-11-33(12-16-35)41(42,43)44/h5,7-18,27,29,36H,3-4,6,19-26H2,1-2H3,(H,45,47). The van der Waals surface area contributed by atoms with Crippen LogP contribution in [0, 0.1) is 18.8 Å². The van der Waals surface area contributed by atoms with E-state index >= 15 is 0 Å². The van der Waals surface area contributed by atoms with Gasteiger partial charge in [-0.1, -0.05) is 36.8 Å². The van der Waals surface area contributed by atoms with E-state index in [0.29, 0.717) is 68.2 Å². The lowest BCUT2D eigenvalue weighted by atomic mass is 9.85. The Balaban J connectivity index is 1.01. The third-order valence-corrected chi connectivity index (χ3v) is 10.2. The smallest absolute Gasteiger partial charge is 0.416 e. The molecule has 3 aromatic rings. The van der Waals surface area contributed by atoms with Crippen molar-refractivity contribution in [1.82, 2.24) is 10.2 Å². The number of carbonyl (C=O) groups is 2. The number of benzene rings is 3. The first-order valence-electron chi connectivity index (χ1n) is 17.8. The first-order chi connectivity index (χ1) is 24.5. The Morgan fingerprint density at radius 2 is 1.65 bits per heavy atom. The molecule has 0 saturated carbocycles. The van der Waals surface area contributed by atoms with Crippen molar-refractivity contribution in [2.24, 2.45) is 11.8 Å². The van der Waals surface area contributed by atoms with Crippen molar-refractivity contribution in [3.63, 3.8) is 0 Å². The van der Waals surface area contributed by atoms with Crippen molar-refractivity contribution in [3.8, 4) is 11.5 Å². The molecule has 1 N–H and O–H groups in total. The summed E-state index contributed by atoms with van der Waals surface area (Å²) in [7, 11) is 0. The number of fused-ring (bicyclic) bond motifs is 1. The van der Waals surface area contributed by atoms with E-state index < -0.39 is 11.7 Å². The van der Waals surface area contributed by atoms with Crippen LogP contribution in [0.5, 0.6) is 11.5 Å². The monoisotopic (exact) mass is 702 g/mol. The van der Waals surface area contributed by atoms with Crippen LogP contribution >= 0.6 is 0 Å². The van der Waals surface area contributed by atoms with Crippen LogP contribution in [0.25, 0.3) is 12.2 Å². The topological polar surface area (TPSA) is 77.1 Å². The van der Waals surface area contributed by atoms with E-state index in [1.54, 1.807) is 24.3 Å². The second-order valence-electron chi connectivity index (χ2n) is 13.7. The molecule has 0 aromatic heterocycles. The number of piperidine rings is 1. The Labute approximate surface area is 296 Å². The summed E-state index contributed by atoms with van der Waals surface area (Å²) >= 11 is 0. The van der Waals surface area contributed by atoms with Crippen molar-refractivity contribution in [3.05, 3.63) is 105 Å². The second kappa shape index (κ2) is 16.3. The number of halogens is 3. The minimum atomic E-state index is -4.40. The lowest BCUT2D eigenvalue weighted by molar-refractivity contribution is -0.137. The highest BCUT2D eigenvalue weighted by atomic mass is 19.4. The summed E-state index contributed by atoms with van der Waals surface area (Å²) in [6.45, 7) is 7.71. The average molecular weight is 703 g/mol. The van der Waals surface area contributed by atoms with E-state index in [0.717, 1.165) is 60.2 Å². The maximum absolute atomic E-state index is 13.3. The maximum atomic E-state index is 13.3. The molecule has 3 aromatic carbocycles. The summed E-state index contributed by atoms with van der Waals surface area (Å²) in [5, 5.41) is 5.24. The molecular formula is C41H45F3N2O5. The van der Waals surface area contributed by atoms with Crippen molar-refractivity contribution in [2.45, 2.75) is 58.2 Å². The van der Waals surface area contributed by atoms with Crippen molar-refractivity contribution in [2.75, 3.05) is 39.5 Å². The number of ether oxygens (including phenoxy) is 3. The Kier molecular flexibility index (Phi) is 11.6. The fourth-order valence-electron chi connectivity index (χ4n) is 6.98. The van der Waals surface area contributed by atoms with Crippen LogP contribution < -0.4 is 20.5 Å². The molecule has 0 spiro atoms. The number of nitrogens with one attached hydrogen (secondary N) is 1. The number of alkyl halides is 3. The number of allylic oxidation sites excluding steroid dienone is 2. The predicted molar refractivity (Wildman–Crippen MR) is 190 cm³/mol. The van der Waals surface area contributed by atoms with Gasteiger partial charge in [-0.15, -0.1) is 0 Å². The molecule has 2 fully saturated rings. The molecule has 0 bridgehead atoms. The Morgan fingerprint density at radius 1 is 0.941 bits per heavy atom. The molecule has 6 rings (SSSR count). The highest BCUT2D eigenvalue weighted by Gasteiger charge is 2.30. The largest absolute Gasteiger partial charge is 0.457 e. The van der Waals surface area contributed by atoms with Crippen LogP contribution in [0.15, 0.2) is 72.3 Å². The highest BCUT2D eigenvalue weighted by Crippen LogP contribution is 2.32. The van der Waals surface area contributed by atoms with Gasteiger partial charge in [0.15, 0.2) is 0 Å². The van der Waals surface area contributed by atoms with Crippen LogP contribution in [0.3, 0.4) is 0 Å². The lowest BCUT2D eigenvalue weighted by Gasteiger charge is -2.32. The van der Waals surface area contributed by atoms with Gasteiger partial charge < -0.3 is 24.4 Å². The maximum Gasteiger partial charge on any atom is 0.416 e. The molecular weight excluding hydrogens is 657 g/mol. The summed E-state index contributed by atoms with van der Waals surface area (Å²) in [4.78, 5) is 28.2. The van der Waals surface area contributed by atoms with Gasteiger partial charge in [0.05, 0.1) is 31.5 Å². The first kappa shape index (κ1) is 36.4. The van der Waals surface area contributed by atoms with E-state index in [1.807, 2.05) is 24.0 Å². The quantitative estimate of drug-likeness (QED) is 0.265. The van der Waals surface area contributed by atoms with Gasteiger partial charge in [-0.05, 0) is 121 Å². The number of hydrogen-bond donors (Lipinski definition) is 1. The number of nitrogens with zero attached hydrogens (tertiary/aromatic N) is 1. The van der Waals surface area contributed by atoms with Crippen molar-refractivity contribution < 1.29 is 37.0 Å². The highest BCUT2D eigenvalue weighted by molar-refractivity contribution is 5.96. The van der Waals surface area contributed by atoms with Gasteiger partial charge in [-0.3, -0.25) is 9.59 Å². The number of hydrogen-bond acceptors (Lipinski definition) is 5. The summed E-state index contributed by atoms with van der Waals surface area (Å²) in [6.07, 6.45) is 7.03. The first-order valence-corrected chi connectivity index (χ1v) is 17.8. The number of rotatable bonds is 9. The molecule has 3 aliphatic rings. The van der Waals surface area contributed by atoms with Crippen molar-refractivity contribution >= 4 is 24.0 Å². The Morgan fingerprint density at radius 3 is 2.31 bits per heavy atom. The van der Waals surface area contributed by atoms with Gasteiger partial charge >= 0.3 is 6.18 Å². The minimum Gasteiger partial charge on any atom is -0.457 e. The molecule has 10 heteroatoms. The van der Waals surface area contributed by atoms with Gasteiger partial charge in [-0.25, -0.2) is 0 Å². The molecule has 7 nitrogen and oxygen atoms in total. The summed E-state index contributed by atoms with van der Waals surface area (Å²) in [5.74, 6) is 1.52. The van der Waals surface area contributed by atoms with Crippen LogP contribution in [0.4, 0.5) is 13.2 Å². The van der Waals surface area contributed by atoms with Crippen molar-refractivity contribution in [1.29, 1.82) is 0 Å². The van der Waals surface area contributed by atoms with Crippen LogP contribution in [-0.4, -0.2) is 62.3 Å². The van der Waals surface area contributed by atoms with E-state index in [9.17, 15) is 22.8 Å². The molecule has 51 heavy (non-hydrogen) atoms. The van der Waals surface area contributed by atoms with Gasteiger partial charge in [-0.2, -0.15) is 13.2 Å². The van der Waals surface area contributed by atoms with Crippen LogP contribution in [-0.2, 0) is 15.7 Å². The molecule has 270 valence electrons. The molecule has 2 aliphatic heterocycles. The third-order valence-electron chi connectivity index (χ3n) is 10.2. The zero-order chi connectivity index (χ0) is 36.0. The fourth-order valence-corrected chi connectivity index (χ4v) is 6.98. The molecule has 2 unspecified atom stereocenters. The van der Waals surface area contributed by atoms with E-state index in [2.05, 4.69) is 30.5 Å². The Bertz CT molecular complexity index is 1840. The number of amides is 2. The van der Waals surface area contributed by atoms with E-state index in [-0.39, 0.29) is 23.7 Å². The van der Waals surface area contributed by atoms with Gasteiger partial charge in [0.25, 0.3) is 11.8 Å². The number of carbonyl (C=O) groups excluding carboxylic acids is 2. The van der Waals surface area contributed by atoms with Crippen LogP contribution in [0.2, 0.25) is 0 Å². The molecule has 2 heterocycles. The normalized spacial score (nSPS) is 19.8. The predicted octanol–water partition coefficient (Wildman–Crippen LogP) is 6.81. The molecule has 1 aliphatic carbocycles. The van der Waals surface area contributed by atoms with E-state index in [4.69, 9.17) is 14.2 Å². The zero-order valence-corrected chi connectivity index (χ0v) is 29.1. The van der Waals surface area contributed by atoms with Crippen LogP contribution in [0.1, 0.15) is 70.9 Å². The van der Waals surface area contributed by atoms with Gasteiger partial charge in [0.2, 0.25) is 0 Å².